The highest BCUT2D eigenvalue weighted by molar-refractivity contribution is 8.00. The van der Waals surface area contributed by atoms with Gasteiger partial charge in [0.1, 0.15) is 0 Å². The van der Waals surface area contributed by atoms with Crippen LogP contribution in [0.1, 0.15) is 43.4 Å². The van der Waals surface area contributed by atoms with Gasteiger partial charge in [0.05, 0.1) is 24.0 Å². The number of hydrogen-bond donors (Lipinski definition) is 1. The van der Waals surface area contributed by atoms with Gasteiger partial charge in [-0.15, -0.1) is 11.8 Å². The van der Waals surface area contributed by atoms with E-state index in [0.717, 1.165) is 37.7 Å². The maximum atomic E-state index is 5.70. The van der Waals surface area contributed by atoms with Crippen molar-refractivity contribution in [1.82, 2.24) is 15.5 Å². The summed E-state index contributed by atoms with van der Waals surface area (Å²) in [5.41, 5.74) is 0. The summed E-state index contributed by atoms with van der Waals surface area (Å²) in [7, 11) is 0. The molecule has 0 spiro atoms. The summed E-state index contributed by atoms with van der Waals surface area (Å²) in [6.45, 7) is 2.19. The molecule has 1 saturated carbocycles. The fraction of sp³-hybridized carbons (Fsp3) is 0.529. The zero-order valence-corrected chi connectivity index (χ0v) is 13.8. The molecule has 1 aliphatic heterocycles. The molecule has 1 saturated heterocycles. The highest BCUT2D eigenvalue weighted by atomic mass is 32.2. The van der Waals surface area contributed by atoms with Gasteiger partial charge in [-0.25, -0.2) is 0 Å². The highest BCUT2D eigenvalue weighted by Crippen LogP contribution is 2.52. The molecule has 0 radical (unpaired) electrons. The first-order chi connectivity index (χ1) is 11.4. The molecule has 0 bridgehead atoms. The van der Waals surface area contributed by atoms with Crippen LogP contribution in [0.3, 0.4) is 0 Å². The third-order valence-corrected chi connectivity index (χ3v) is 6.01. The number of rotatable bonds is 4. The molecule has 0 unspecified atom stereocenters. The topological polar surface area (TPSA) is 60.2 Å². The quantitative estimate of drug-likeness (QED) is 0.928. The van der Waals surface area contributed by atoms with Gasteiger partial charge in [0.2, 0.25) is 5.89 Å². The second-order valence-corrected chi connectivity index (χ2v) is 7.61. The number of thioether (sulfide) groups is 1. The summed E-state index contributed by atoms with van der Waals surface area (Å²) in [4.78, 5) is 6.00. The van der Waals surface area contributed by atoms with Crippen molar-refractivity contribution in [2.75, 3.05) is 19.8 Å². The van der Waals surface area contributed by atoms with Gasteiger partial charge in [0.25, 0.3) is 0 Å². The summed E-state index contributed by atoms with van der Waals surface area (Å²) < 4.78 is 11.1. The Morgan fingerprint density at radius 1 is 1.17 bits per heavy atom. The molecule has 0 amide bonds. The molecule has 1 aromatic heterocycles. The maximum absolute atomic E-state index is 5.70. The molecule has 1 atom stereocenters. The summed E-state index contributed by atoms with van der Waals surface area (Å²) in [6.07, 6.45) is 4.59. The minimum absolute atomic E-state index is 0.0430. The average Bonchev–Trinajstić information content (AvgIpc) is 3.27. The van der Waals surface area contributed by atoms with Gasteiger partial charge in [-0.3, -0.25) is 0 Å². The third kappa shape index (κ3) is 3.16. The minimum Gasteiger partial charge on any atom is -0.378 e. The molecule has 2 aliphatic rings. The molecule has 1 aliphatic carbocycles. The van der Waals surface area contributed by atoms with Crippen molar-refractivity contribution in [2.24, 2.45) is 0 Å². The van der Waals surface area contributed by atoms with E-state index >= 15 is 0 Å². The lowest BCUT2D eigenvalue weighted by atomic mass is 10.1. The third-order valence-electron chi connectivity index (χ3n) is 4.53. The first-order valence-electron chi connectivity index (χ1n) is 8.25. The van der Waals surface area contributed by atoms with E-state index in [-0.39, 0.29) is 10.8 Å². The SMILES string of the molecule is c1ccc(SC2(c3nc([C@H]4COCCN4)no3)CCCC2)cc1. The molecule has 122 valence electrons. The second-order valence-electron chi connectivity index (χ2n) is 6.16. The van der Waals surface area contributed by atoms with E-state index in [9.17, 15) is 0 Å². The van der Waals surface area contributed by atoms with Crippen LogP contribution in [0, 0.1) is 0 Å². The first-order valence-corrected chi connectivity index (χ1v) is 9.07. The first kappa shape index (κ1) is 15.2. The van der Waals surface area contributed by atoms with E-state index in [1.165, 1.54) is 17.7 Å². The van der Waals surface area contributed by atoms with Crippen molar-refractivity contribution in [1.29, 1.82) is 0 Å². The number of nitrogens with zero attached hydrogens (tertiary/aromatic N) is 2. The molecule has 4 rings (SSSR count). The lowest BCUT2D eigenvalue weighted by Gasteiger charge is -2.24. The molecule has 2 fully saturated rings. The van der Waals surface area contributed by atoms with Gasteiger partial charge >= 0.3 is 0 Å². The fourth-order valence-corrected chi connectivity index (χ4v) is 4.72. The van der Waals surface area contributed by atoms with E-state index in [0.29, 0.717) is 6.61 Å². The molecule has 1 aromatic carbocycles. The standard InChI is InChI=1S/C17H21N3O2S/c1-2-6-13(7-3-1)23-17(8-4-5-9-17)16-19-15(20-22-16)14-12-21-11-10-18-14/h1-3,6-7,14,18H,4-5,8-12H2/t14-/m1/s1. The molecule has 2 heterocycles. The number of ether oxygens (including phenoxy) is 1. The summed E-state index contributed by atoms with van der Waals surface area (Å²) >= 11 is 1.86. The van der Waals surface area contributed by atoms with Crippen molar-refractivity contribution >= 4 is 11.8 Å². The van der Waals surface area contributed by atoms with Gasteiger partial charge < -0.3 is 14.6 Å². The monoisotopic (exact) mass is 331 g/mol. The molecule has 23 heavy (non-hydrogen) atoms. The van der Waals surface area contributed by atoms with Crippen molar-refractivity contribution in [3.8, 4) is 0 Å². The molecular formula is C17H21N3O2S. The van der Waals surface area contributed by atoms with Crippen LogP contribution in [0.5, 0.6) is 0 Å². The van der Waals surface area contributed by atoms with Crippen molar-refractivity contribution in [3.63, 3.8) is 0 Å². The van der Waals surface area contributed by atoms with Gasteiger partial charge in [-0.1, -0.05) is 36.2 Å². The summed E-state index contributed by atoms with van der Waals surface area (Å²) in [6, 6.07) is 10.5. The van der Waals surface area contributed by atoms with E-state index in [2.05, 4.69) is 34.7 Å². The lowest BCUT2D eigenvalue weighted by molar-refractivity contribution is 0.0734. The number of aromatic nitrogens is 2. The van der Waals surface area contributed by atoms with Gasteiger partial charge in [0, 0.05) is 11.4 Å². The normalized spacial score (nSPS) is 23.9. The Morgan fingerprint density at radius 2 is 2.00 bits per heavy atom. The Balaban J connectivity index is 1.59. The number of nitrogens with one attached hydrogen (secondary N) is 1. The summed E-state index contributed by atoms with van der Waals surface area (Å²) in [5.74, 6) is 1.49. The van der Waals surface area contributed by atoms with E-state index in [1.54, 1.807) is 0 Å². The van der Waals surface area contributed by atoms with Crippen LogP contribution in [0.2, 0.25) is 0 Å². The Morgan fingerprint density at radius 3 is 2.74 bits per heavy atom. The van der Waals surface area contributed by atoms with Crippen LogP contribution in [-0.2, 0) is 9.48 Å². The Labute approximate surface area is 140 Å². The van der Waals surface area contributed by atoms with Crippen molar-refractivity contribution in [3.05, 3.63) is 42.0 Å². The predicted octanol–water partition coefficient (Wildman–Crippen LogP) is 3.29. The fourth-order valence-electron chi connectivity index (χ4n) is 3.31. The van der Waals surface area contributed by atoms with Crippen molar-refractivity contribution < 1.29 is 9.26 Å². The maximum Gasteiger partial charge on any atom is 0.243 e. The molecule has 2 aromatic rings. The zero-order valence-electron chi connectivity index (χ0n) is 13.0. The van der Waals surface area contributed by atoms with Crippen LogP contribution >= 0.6 is 11.8 Å². The van der Waals surface area contributed by atoms with Crippen LogP contribution in [0.25, 0.3) is 0 Å². The second kappa shape index (κ2) is 6.63. The molecule has 1 N–H and O–H groups in total. The number of morpholine rings is 1. The molecular weight excluding hydrogens is 310 g/mol. The van der Waals surface area contributed by atoms with Crippen LogP contribution in [0.4, 0.5) is 0 Å². The minimum atomic E-state index is -0.0812. The Kier molecular flexibility index (Phi) is 4.37. The number of hydrogen-bond acceptors (Lipinski definition) is 6. The van der Waals surface area contributed by atoms with Crippen LogP contribution in [0.15, 0.2) is 39.8 Å². The number of benzene rings is 1. The summed E-state index contributed by atoms with van der Waals surface area (Å²) in [5, 5.41) is 7.61. The lowest BCUT2D eigenvalue weighted by Crippen LogP contribution is -2.35. The van der Waals surface area contributed by atoms with Crippen LogP contribution < -0.4 is 5.32 Å². The van der Waals surface area contributed by atoms with Gasteiger partial charge in [0.15, 0.2) is 5.82 Å². The zero-order chi connectivity index (χ0) is 15.5. The van der Waals surface area contributed by atoms with Crippen LogP contribution in [-0.4, -0.2) is 29.9 Å². The van der Waals surface area contributed by atoms with Crippen molar-refractivity contribution in [2.45, 2.75) is 41.4 Å². The van der Waals surface area contributed by atoms with Gasteiger partial charge in [-0.2, -0.15) is 4.98 Å². The average molecular weight is 331 g/mol. The predicted molar refractivity (Wildman–Crippen MR) is 88.3 cm³/mol. The highest BCUT2D eigenvalue weighted by Gasteiger charge is 2.42. The molecule has 6 heteroatoms. The smallest absolute Gasteiger partial charge is 0.243 e. The van der Waals surface area contributed by atoms with E-state index in [1.807, 2.05) is 17.8 Å². The Bertz CT molecular complexity index is 634. The molecule has 5 nitrogen and oxygen atoms in total. The van der Waals surface area contributed by atoms with E-state index in [4.69, 9.17) is 14.2 Å². The Hall–Kier alpha value is -1.37. The largest absolute Gasteiger partial charge is 0.378 e. The van der Waals surface area contributed by atoms with E-state index < -0.39 is 0 Å². The van der Waals surface area contributed by atoms with Gasteiger partial charge in [-0.05, 0) is 25.0 Å².